The molecule has 2 heterocycles. The van der Waals surface area contributed by atoms with Crippen LogP contribution in [-0.4, -0.2) is 46.3 Å². The fourth-order valence-corrected chi connectivity index (χ4v) is 8.28. The lowest BCUT2D eigenvalue weighted by Crippen LogP contribution is -2.49. The quantitative estimate of drug-likeness (QED) is 0.242. The molecular formula is C37H30N4O4. The van der Waals surface area contributed by atoms with Crippen molar-refractivity contribution in [1.82, 2.24) is 15.0 Å². The van der Waals surface area contributed by atoms with Gasteiger partial charge in [0, 0.05) is 41.6 Å². The maximum absolute atomic E-state index is 14.7. The Balaban J connectivity index is 1.33. The molecule has 0 saturated heterocycles. The zero-order valence-corrected chi connectivity index (χ0v) is 24.8. The number of esters is 1. The second-order valence-corrected chi connectivity index (χ2v) is 12.0. The lowest BCUT2D eigenvalue weighted by Gasteiger charge is -2.36. The zero-order chi connectivity index (χ0) is 30.9. The van der Waals surface area contributed by atoms with E-state index in [1.54, 1.807) is 23.6 Å². The van der Waals surface area contributed by atoms with Crippen molar-refractivity contribution in [2.24, 2.45) is 11.8 Å². The van der Waals surface area contributed by atoms with Gasteiger partial charge in [-0.3, -0.25) is 14.4 Å². The first-order valence-electron chi connectivity index (χ1n) is 15.2. The van der Waals surface area contributed by atoms with Gasteiger partial charge in [0.05, 0.1) is 29.8 Å². The highest BCUT2D eigenvalue weighted by Gasteiger charge is 2.74. The second-order valence-electron chi connectivity index (χ2n) is 12.0. The van der Waals surface area contributed by atoms with Gasteiger partial charge in [-0.2, -0.15) is 0 Å². The number of carbonyl (C=O) groups is 3. The maximum atomic E-state index is 14.7. The average Bonchev–Trinajstić information content (AvgIpc) is 3.81. The minimum Gasteiger partial charge on any atom is -0.466 e. The number of fused-ring (bicyclic) bond motifs is 5. The molecule has 1 aromatic heterocycles. The number of anilines is 1. The van der Waals surface area contributed by atoms with Gasteiger partial charge in [-0.1, -0.05) is 90.1 Å². The van der Waals surface area contributed by atoms with E-state index in [0.717, 1.165) is 33.6 Å². The molecule has 4 aromatic carbocycles. The molecule has 2 aliphatic carbocycles. The highest BCUT2D eigenvalue weighted by molar-refractivity contribution is 6.15. The molecular weight excluding hydrogens is 564 g/mol. The number of carbonyl (C=O) groups excluding carboxylic acids is 3. The largest absolute Gasteiger partial charge is 0.466 e. The summed E-state index contributed by atoms with van der Waals surface area (Å²) in [4.78, 5) is 45.2. The summed E-state index contributed by atoms with van der Waals surface area (Å²) in [6, 6.07) is 32.8. The van der Waals surface area contributed by atoms with Gasteiger partial charge in [0.2, 0.25) is 5.91 Å². The third-order valence-electron chi connectivity index (χ3n) is 9.95. The minimum atomic E-state index is -1.31. The number of Topliss-reactive ketones (excluding diaryl/α,β-unsaturated/α-hetero) is 1. The Morgan fingerprint density at radius 3 is 2.36 bits per heavy atom. The fraction of sp³-hybridized carbons (Fsp3) is 0.216. The van der Waals surface area contributed by atoms with E-state index < -0.39 is 35.1 Å². The number of benzene rings is 4. The van der Waals surface area contributed by atoms with Crippen LogP contribution in [0.4, 0.5) is 5.69 Å². The van der Waals surface area contributed by atoms with Crippen molar-refractivity contribution in [3.8, 4) is 16.9 Å². The lowest BCUT2D eigenvalue weighted by atomic mass is 9.63. The Labute approximate surface area is 260 Å². The number of likely N-dealkylation sites (N-methyl/N-ethyl adjacent to an activating group) is 1. The Bertz CT molecular complexity index is 1990. The first kappa shape index (κ1) is 27.2. The SMILES string of the molecule is CCOC(=O)C1C2c3ccc(-n4cc(-c5ccccc5)nn4)cc3C(=O)C2C(c2ccccc2)C12C(=O)N(C)c1ccccc12. The number of hydrogen-bond acceptors (Lipinski definition) is 6. The van der Waals surface area contributed by atoms with E-state index in [2.05, 4.69) is 10.3 Å². The number of ether oxygens (including phenoxy) is 1. The molecule has 0 radical (unpaired) electrons. The van der Waals surface area contributed by atoms with Crippen LogP contribution in [-0.2, 0) is 19.7 Å². The van der Waals surface area contributed by atoms with Crippen molar-refractivity contribution < 1.29 is 19.1 Å². The van der Waals surface area contributed by atoms with Crippen LogP contribution in [0.3, 0.4) is 0 Å². The van der Waals surface area contributed by atoms with Gasteiger partial charge >= 0.3 is 5.97 Å². The highest BCUT2D eigenvalue weighted by Crippen LogP contribution is 2.70. The third kappa shape index (κ3) is 3.68. The van der Waals surface area contributed by atoms with Crippen LogP contribution in [0.5, 0.6) is 0 Å². The van der Waals surface area contributed by atoms with Crippen LogP contribution in [0.2, 0.25) is 0 Å². The summed E-state index contributed by atoms with van der Waals surface area (Å²) in [7, 11) is 1.75. The smallest absolute Gasteiger partial charge is 0.311 e. The summed E-state index contributed by atoms with van der Waals surface area (Å²) in [5.41, 5.74) is 4.70. The van der Waals surface area contributed by atoms with E-state index in [1.165, 1.54) is 0 Å². The third-order valence-corrected chi connectivity index (χ3v) is 9.95. The van der Waals surface area contributed by atoms with Gasteiger partial charge in [-0.25, -0.2) is 4.68 Å². The number of aromatic nitrogens is 3. The minimum absolute atomic E-state index is 0.0832. The Kier molecular flexibility index (Phi) is 6.10. The van der Waals surface area contributed by atoms with E-state index in [1.807, 2.05) is 109 Å². The van der Waals surface area contributed by atoms with Crippen molar-refractivity contribution in [1.29, 1.82) is 0 Å². The second kappa shape index (κ2) is 10.1. The van der Waals surface area contributed by atoms with Gasteiger partial charge in [0.1, 0.15) is 5.69 Å². The van der Waals surface area contributed by atoms with Crippen LogP contribution < -0.4 is 4.90 Å². The summed E-state index contributed by atoms with van der Waals surface area (Å²) >= 11 is 0. The molecule has 8 rings (SSSR count). The van der Waals surface area contributed by atoms with E-state index >= 15 is 0 Å². The number of nitrogens with zero attached hydrogens (tertiary/aromatic N) is 4. The van der Waals surface area contributed by atoms with E-state index in [4.69, 9.17) is 4.74 Å². The van der Waals surface area contributed by atoms with Gasteiger partial charge in [-0.15, -0.1) is 5.10 Å². The van der Waals surface area contributed by atoms with Crippen LogP contribution in [0.1, 0.15) is 45.8 Å². The molecule has 5 aromatic rings. The van der Waals surface area contributed by atoms with E-state index in [0.29, 0.717) is 11.3 Å². The zero-order valence-electron chi connectivity index (χ0n) is 24.8. The molecule has 5 unspecified atom stereocenters. The molecule has 1 saturated carbocycles. The first-order valence-corrected chi connectivity index (χ1v) is 15.2. The van der Waals surface area contributed by atoms with E-state index in [9.17, 15) is 14.4 Å². The molecule has 3 aliphatic rings. The van der Waals surface area contributed by atoms with Gasteiger partial charge in [0.15, 0.2) is 5.78 Å². The van der Waals surface area contributed by atoms with Gasteiger partial charge < -0.3 is 9.64 Å². The molecule has 1 aliphatic heterocycles. The van der Waals surface area contributed by atoms with Crippen molar-refractivity contribution in [2.75, 3.05) is 18.6 Å². The van der Waals surface area contributed by atoms with Crippen LogP contribution in [0.25, 0.3) is 16.9 Å². The monoisotopic (exact) mass is 594 g/mol. The number of hydrogen-bond donors (Lipinski definition) is 0. The maximum Gasteiger partial charge on any atom is 0.311 e. The Morgan fingerprint density at radius 2 is 1.60 bits per heavy atom. The van der Waals surface area contributed by atoms with Crippen molar-refractivity contribution in [3.05, 3.63) is 132 Å². The lowest BCUT2D eigenvalue weighted by molar-refractivity contribution is -0.153. The van der Waals surface area contributed by atoms with E-state index in [-0.39, 0.29) is 18.3 Å². The molecule has 5 atom stereocenters. The van der Waals surface area contributed by atoms with Crippen molar-refractivity contribution in [2.45, 2.75) is 24.2 Å². The number of para-hydroxylation sites is 1. The Morgan fingerprint density at radius 1 is 0.889 bits per heavy atom. The molecule has 8 nitrogen and oxygen atoms in total. The average molecular weight is 595 g/mol. The highest BCUT2D eigenvalue weighted by atomic mass is 16.5. The molecule has 1 amide bonds. The van der Waals surface area contributed by atoms with Crippen LogP contribution in [0, 0.1) is 11.8 Å². The molecule has 1 fully saturated rings. The van der Waals surface area contributed by atoms with Crippen LogP contribution in [0.15, 0.2) is 109 Å². The van der Waals surface area contributed by atoms with Gasteiger partial charge in [0.25, 0.3) is 0 Å². The van der Waals surface area contributed by atoms with Crippen molar-refractivity contribution >= 4 is 23.3 Å². The number of ketones is 1. The summed E-state index contributed by atoms with van der Waals surface area (Å²) in [6.45, 7) is 1.93. The number of amides is 1. The summed E-state index contributed by atoms with van der Waals surface area (Å²) in [5, 5.41) is 8.70. The predicted octanol–water partition coefficient (Wildman–Crippen LogP) is 5.72. The number of rotatable bonds is 5. The molecule has 0 N–H and O–H groups in total. The predicted molar refractivity (Wildman–Crippen MR) is 168 cm³/mol. The fourth-order valence-electron chi connectivity index (χ4n) is 8.28. The summed E-state index contributed by atoms with van der Waals surface area (Å²) in [6.07, 6.45) is 1.84. The standard InChI is InChI=1S/C37H30N4O4/c1-3-45-35(43)33-30-25-19-18-24(41-21-28(38-39-41)22-12-6-4-7-13-22)20-26(25)34(42)31(30)32(23-14-8-5-9-15-23)37(33)27-16-10-11-17-29(27)40(2)36(37)44/h4-21,30-33H,3H2,1-2H3. The normalized spacial score (nSPS) is 24.5. The first-order chi connectivity index (χ1) is 22.0. The summed E-state index contributed by atoms with van der Waals surface area (Å²) < 4.78 is 7.41. The van der Waals surface area contributed by atoms with Crippen LogP contribution >= 0.6 is 0 Å². The molecule has 222 valence electrons. The molecule has 0 bridgehead atoms. The molecule has 45 heavy (non-hydrogen) atoms. The van der Waals surface area contributed by atoms with Crippen molar-refractivity contribution in [3.63, 3.8) is 0 Å². The Hall–Kier alpha value is -5.37. The molecule has 1 spiro atoms. The van der Waals surface area contributed by atoms with Gasteiger partial charge in [-0.05, 0) is 41.8 Å². The molecule has 8 heteroatoms. The topological polar surface area (TPSA) is 94.4 Å². The summed E-state index contributed by atoms with van der Waals surface area (Å²) in [5.74, 6) is -3.42.